The van der Waals surface area contributed by atoms with Crippen molar-refractivity contribution in [3.63, 3.8) is 0 Å². The summed E-state index contributed by atoms with van der Waals surface area (Å²) in [6.45, 7) is 12.7. The van der Waals surface area contributed by atoms with E-state index < -0.39 is 0 Å². The van der Waals surface area contributed by atoms with Crippen molar-refractivity contribution in [2.45, 2.75) is 44.5 Å². The highest BCUT2D eigenvalue weighted by molar-refractivity contribution is 14.0. The zero-order valence-corrected chi connectivity index (χ0v) is 17.8. The molecule has 0 spiro atoms. The minimum atomic E-state index is 0. The van der Waals surface area contributed by atoms with Crippen molar-refractivity contribution < 1.29 is 9.47 Å². The minimum Gasteiger partial charge on any atom is -0.377 e. The molecule has 136 valence electrons. The topological polar surface area (TPSA) is 46.1 Å². The molecule has 0 saturated carbocycles. The van der Waals surface area contributed by atoms with Crippen LogP contribution in [0.5, 0.6) is 0 Å². The van der Waals surface area contributed by atoms with Gasteiger partial charge in [0.25, 0.3) is 0 Å². The molecule has 2 fully saturated rings. The minimum absolute atomic E-state index is 0. The second-order valence-corrected chi connectivity index (χ2v) is 8.28. The summed E-state index contributed by atoms with van der Waals surface area (Å²) in [4.78, 5) is 7.10. The van der Waals surface area contributed by atoms with Crippen LogP contribution in [0.25, 0.3) is 0 Å². The van der Waals surface area contributed by atoms with Gasteiger partial charge in [0, 0.05) is 36.7 Å². The molecule has 1 N–H and O–H groups in total. The van der Waals surface area contributed by atoms with Gasteiger partial charge < -0.3 is 19.7 Å². The number of aliphatic imine (C=N–C) groups is 1. The Morgan fingerprint density at radius 3 is 2.96 bits per heavy atom. The molecule has 2 saturated heterocycles. The number of nitrogens with zero attached hydrogens (tertiary/aromatic N) is 2. The summed E-state index contributed by atoms with van der Waals surface area (Å²) in [5.74, 6) is 2.18. The Morgan fingerprint density at radius 1 is 1.48 bits per heavy atom. The maximum Gasteiger partial charge on any atom is 0.194 e. The van der Waals surface area contributed by atoms with Gasteiger partial charge in [-0.25, -0.2) is 0 Å². The van der Waals surface area contributed by atoms with Crippen molar-refractivity contribution in [1.29, 1.82) is 0 Å². The summed E-state index contributed by atoms with van der Waals surface area (Å²) < 4.78 is 11.5. The van der Waals surface area contributed by atoms with Crippen LogP contribution in [0.15, 0.2) is 4.99 Å². The van der Waals surface area contributed by atoms with Crippen LogP contribution in [0.3, 0.4) is 0 Å². The molecule has 7 heteroatoms. The number of thioether (sulfide) groups is 1. The highest BCUT2D eigenvalue weighted by atomic mass is 127. The highest BCUT2D eigenvalue weighted by Gasteiger charge is 2.28. The Bertz CT molecular complexity index is 363. The predicted molar refractivity (Wildman–Crippen MR) is 109 cm³/mol. The van der Waals surface area contributed by atoms with Crippen LogP contribution >= 0.6 is 35.7 Å². The third-order valence-corrected chi connectivity index (χ3v) is 5.18. The molecular weight excluding hydrogens is 425 g/mol. The van der Waals surface area contributed by atoms with E-state index >= 15 is 0 Å². The molecule has 2 heterocycles. The SMILES string of the molecule is CCNC(=NCCOCC1CCCO1)N1CCSC(C)(C)C1.I. The van der Waals surface area contributed by atoms with Crippen LogP contribution in [0.4, 0.5) is 0 Å². The molecule has 2 aliphatic heterocycles. The molecule has 5 nitrogen and oxygen atoms in total. The molecule has 2 rings (SSSR count). The Balaban J connectivity index is 0.00000264. The third-order valence-electron chi connectivity index (χ3n) is 3.88. The van der Waals surface area contributed by atoms with Crippen molar-refractivity contribution in [2.24, 2.45) is 4.99 Å². The second kappa shape index (κ2) is 11.0. The fourth-order valence-electron chi connectivity index (χ4n) is 2.83. The average Bonchev–Trinajstić information content (AvgIpc) is 2.98. The number of halogens is 1. The molecule has 1 atom stereocenters. The van der Waals surface area contributed by atoms with Gasteiger partial charge in [-0.05, 0) is 33.6 Å². The fourth-order valence-corrected chi connectivity index (χ4v) is 3.94. The summed E-state index contributed by atoms with van der Waals surface area (Å²) in [6, 6.07) is 0. The molecule has 0 bridgehead atoms. The standard InChI is InChI=1S/C16H31N3O2S.HI/c1-4-17-15(19-8-11-22-16(2,3)13-19)18-7-10-20-12-14-6-5-9-21-14;/h14H,4-13H2,1-3H3,(H,17,18);1H. The number of ether oxygens (including phenoxy) is 2. The zero-order valence-electron chi connectivity index (χ0n) is 14.7. The number of hydrogen-bond acceptors (Lipinski definition) is 4. The molecule has 0 radical (unpaired) electrons. The zero-order chi connectivity index (χ0) is 15.8. The number of guanidine groups is 1. The maximum atomic E-state index is 5.69. The van der Waals surface area contributed by atoms with E-state index in [9.17, 15) is 0 Å². The van der Waals surface area contributed by atoms with Crippen LogP contribution in [0.1, 0.15) is 33.6 Å². The first-order valence-corrected chi connectivity index (χ1v) is 9.46. The summed E-state index contributed by atoms with van der Waals surface area (Å²) >= 11 is 2.04. The van der Waals surface area contributed by atoms with Crippen molar-refractivity contribution in [2.75, 3.05) is 51.8 Å². The monoisotopic (exact) mass is 457 g/mol. The van der Waals surface area contributed by atoms with E-state index in [0.29, 0.717) is 30.6 Å². The van der Waals surface area contributed by atoms with Gasteiger partial charge in [-0.1, -0.05) is 0 Å². The van der Waals surface area contributed by atoms with E-state index in [-0.39, 0.29) is 24.0 Å². The van der Waals surface area contributed by atoms with Crippen LogP contribution < -0.4 is 5.32 Å². The average molecular weight is 457 g/mol. The summed E-state index contributed by atoms with van der Waals surface area (Å²) in [6.07, 6.45) is 2.60. The lowest BCUT2D eigenvalue weighted by atomic mass is 10.2. The van der Waals surface area contributed by atoms with Gasteiger partial charge in [-0.2, -0.15) is 11.8 Å². The van der Waals surface area contributed by atoms with Crippen LogP contribution in [-0.2, 0) is 9.47 Å². The molecule has 23 heavy (non-hydrogen) atoms. The van der Waals surface area contributed by atoms with Crippen LogP contribution in [0.2, 0.25) is 0 Å². The first-order valence-electron chi connectivity index (χ1n) is 8.47. The lowest BCUT2D eigenvalue weighted by molar-refractivity contribution is 0.0199. The predicted octanol–water partition coefficient (Wildman–Crippen LogP) is 2.59. The molecule has 0 aromatic heterocycles. The molecule has 0 aromatic rings. The summed E-state index contributed by atoms with van der Waals surface area (Å²) in [5.41, 5.74) is 0. The normalized spacial score (nSPS) is 24.4. The van der Waals surface area contributed by atoms with E-state index in [1.165, 1.54) is 6.42 Å². The fraction of sp³-hybridized carbons (Fsp3) is 0.938. The first-order chi connectivity index (χ1) is 10.6. The van der Waals surface area contributed by atoms with Crippen LogP contribution in [0, 0.1) is 0 Å². The lowest BCUT2D eigenvalue weighted by Gasteiger charge is -2.39. The summed E-state index contributed by atoms with van der Waals surface area (Å²) in [7, 11) is 0. The van der Waals surface area contributed by atoms with Gasteiger partial charge in [0.2, 0.25) is 0 Å². The molecule has 2 aliphatic rings. The molecule has 1 unspecified atom stereocenters. The van der Waals surface area contributed by atoms with E-state index in [1.54, 1.807) is 0 Å². The summed E-state index contributed by atoms with van der Waals surface area (Å²) in [5, 5.41) is 3.41. The molecule has 0 amide bonds. The Morgan fingerprint density at radius 2 is 2.30 bits per heavy atom. The second-order valence-electron chi connectivity index (χ2n) is 6.48. The number of rotatable bonds is 6. The Kier molecular flexibility index (Phi) is 10.2. The first kappa shape index (κ1) is 21.3. The maximum absolute atomic E-state index is 5.69. The smallest absolute Gasteiger partial charge is 0.194 e. The van der Waals surface area contributed by atoms with Gasteiger partial charge in [0.15, 0.2) is 5.96 Å². The quantitative estimate of drug-likeness (QED) is 0.288. The van der Waals surface area contributed by atoms with E-state index in [4.69, 9.17) is 14.5 Å². The lowest BCUT2D eigenvalue weighted by Crippen LogP contribution is -2.51. The largest absolute Gasteiger partial charge is 0.377 e. The van der Waals surface area contributed by atoms with E-state index in [1.807, 2.05) is 11.8 Å². The number of nitrogens with one attached hydrogen (secondary N) is 1. The van der Waals surface area contributed by atoms with E-state index in [0.717, 1.165) is 44.4 Å². The molecular formula is C16H32IN3O2S. The molecule has 0 aliphatic carbocycles. The van der Waals surface area contributed by atoms with Crippen molar-refractivity contribution in [1.82, 2.24) is 10.2 Å². The Hall–Kier alpha value is 0.270. The number of hydrogen-bond donors (Lipinski definition) is 1. The van der Waals surface area contributed by atoms with Gasteiger partial charge in [0.1, 0.15) is 0 Å². The van der Waals surface area contributed by atoms with Crippen molar-refractivity contribution >= 4 is 41.7 Å². The molecule has 0 aromatic carbocycles. The highest BCUT2D eigenvalue weighted by Crippen LogP contribution is 2.29. The van der Waals surface area contributed by atoms with Crippen molar-refractivity contribution in [3.05, 3.63) is 0 Å². The van der Waals surface area contributed by atoms with Gasteiger partial charge >= 0.3 is 0 Å². The van der Waals surface area contributed by atoms with Gasteiger partial charge in [-0.3, -0.25) is 4.99 Å². The van der Waals surface area contributed by atoms with Gasteiger partial charge in [0.05, 0.1) is 25.9 Å². The van der Waals surface area contributed by atoms with Crippen LogP contribution in [-0.4, -0.2) is 73.5 Å². The van der Waals surface area contributed by atoms with E-state index in [2.05, 4.69) is 31.0 Å². The third kappa shape index (κ3) is 7.79. The Labute approximate surface area is 162 Å². The van der Waals surface area contributed by atoms with Gasteiger partial charge in [-0.15, -0.1) is 24.0 Å². The van der Waals surface area contributed by atoms with Crippen molar-refractivity contribution in [3.8, 4) is 0 Å².